The van der Waals surface area contributed by atoms with Crippen LogP contribution in [0.2, 0.25) is 0 Å². The first-order valence-corrected chi connectivity index (χ1v) is 6.62. The van der Waals surface area contributed by atoms with Crippen molar-refractivity contribution in [1.29, 1.82) is 0 Å². The summed E-state index contributed by atoms with van der Waals surface area (Å²) in [6, 6.07) is 4.44. The van der Waals surface area contributed by atoms with E-state index < -0.39 is 11.8 Å². The molecule has 1 saturated heterocycles. The molecule has 1 heterocycles. The molecular formula is C14H19FN2O2. The molecule has 104 valence electrons. The van der Waals surface area contributed by atoms with Gasteiger partial charge in [0.15, 0.2) is 0 Å². The van der Waals surface area contributed by atoms with Gasteiger partial charge < -0.3 is 10.0 Å². The zero-order chi connectivity index (χ0) is 13.8. The number of aromatic carboxylic acids is 1. The number of benzene rings is 1. The van der Waals surface area contributed by atoms with Crippen molar-refractivity contribution in [3.05, 3.63) is 29.6 Å². The van der Waals surface area contributed by atoms with Gasteiger partial charge in [0.2, 0.25) is 0 Å². The van der Waals surface area contributed by atoms with E-state index in [4.69, 9.17) is 5.11 Å². The summed E-state index contributed by atoms with van der Waals surface area (Å²) in [6.07, 6.45) is 1.11. The van der Waals surface area contributed by atoms with Crippen molar-refractivity contribution in [2.24, 2.45) is 0 Å². The third-order valence-electron chi connectivity index (χ3n) is 3.46. The fourth-order valence-corrected chi connectivity index (χ4v) is 2.52. The summed E-state index contributed by atoms with van der Waals surface area (Å²) in [6.45, 7) is 6.46. The molecule has 0 unspecified atom stereocenters. The first-order valence-electron chi connectivity index (χ1n) is 6.62. The van der Waals surface area contributed by atoms with Gasteiger partial charge in [-0.3, -0.25) is 4.90 Å². The number of anilines is 1. The van der Waals surface area contributed by atoms with Gasteiger partial charge in [0, 0.05) is 26.2 Å². The summed E-state index contributed by atoms with van der Waals surface area (Å²) in [5, 5.41) is 9.14. The van der Waals surface area contributed by atoms with Gasteiger partial charge in [-0.15, -0.1) is 0 Å². The van der Waals surface area contributed by atoms with Crippen molar-refractivity contribution < 1.29 is 14.3 Å². The Balaban J connectivity index is 2.15. The molecule has 1 aliphatic heterocycles. The molecule has 0 aliphatic carbocycles. The lowest BCUT2D eigenvalue weighted by atomic mass is 10.1. The molecule has 0 saturated carbocycles. The van der Waals surface area contributed by atoms with Gasteiger partial charge in [0.25, 0.3) is 0 Å². The Kier molecular flexibility index (Phi) is 4.37. The second-order valence-corrected chi connectivity index (χ2v) is 4.77. The van der Waals surface area contributed by atoms with E-state index >= 15 is 0 Å². The third kappa shape index (κ3) is 3.04. The van der Waals surface area contributed by atoms with Crippen LogP contribution in [0, 0.1) is 5.82 Å². The van der Waals surface area contributed by atoms with E-state index in [0.29, 0.717) is 5.69 Å². The standard InChI is InChI=1S/C14H19FN2O2/c1-2-6-16-7-9-17(10-8-16)12-5-3-4-11(15)13(12)14(18)19/h3-5H,2,6-10H2,1H3,(H,18,19). The summed E-state index contributed by atoms with van der Waals surface area (Å²) in [5.41, 5.74) is 0.273. The minimum atomic E-state index is -1.20. The first-order chi connectivity index (χ1) is 9.13. The molecule has 0 atom stereocenters. The van der Waals surface area contributed by atoms with Crippen LogP contribution in [0.4, 0.5) is 10.1 Å². The van der Waals surface area contributed by atoms with Crippen molar-refractivity contribution in [1.82, 2.24) is 4.90 Å². The highest BCUT2D eigenvalue weighted by Gasteiger charge is 2.23. The molecular weight excluding hydrogens is 247 g/mol. The number of rotatable bonds is 4. The van der Waals surface area contributed by atoms with Crippen LogP contribution in [0.15, 0.2) is 18.2 Å². The van der Waals surface area contributed by atoms with Crippen LogP contribution in [-0.2, 0) is 0 Å². The van der Waals surface area contributed by atoms with Crippen LogP contribution < -0.4 is 4.90 Å². The monoisotopic (exact) mass is 266 g/mol. The average Bonchev–Trinajstić information content (AvgIpc) is 2.39. The number of piperazine rings is 1. The maximum Gasteiger partial charge on any atom is 0.340 e. The highest BCUT2D eigenvalue weighted by atomic mass is 19.1. The Labute approximate surface area is 112 Å². The molecule has 1 fully saturated rings. The Morgan fingerprint density at radius 3 is 2.58 bits per heavy atom. The Morgan fingerprint density at radius 1 is 1.32 bits per heavy atom. The van der Waals surface area contributed by atoms with Gasteiger partial charge in [-0.1, -0.05) is 13.0 Å². The number of hydrogen-bond acceptors (Lipinski definition) is 3. The van der Waals surface area contributed by atoms with Crippen LogP contribution >= 0.6 is 0 Å². The van der Waals surface area contributed by atoms with Crippen LogP contribution in [0.1, 0.15) is 23.7 Å². The molecule has 0 radical (unpaired) electrons. The van der Waals surface area contributed by atoms with Crippen LogP contribution in [-0.4, -0.2) is 48.7 Å². The van der Waals surface area contributed by atoms with E-state index in [1.165, 1.54) is 6.07 Å². The summed E-state index contributed by atoms with van der Waals surface area (Å²) in [4.78, 5) is 15.5. The highest BCUT2D eigenvalue weighted by Crippen LogP contribution is 2.24. The number of carboxylic acid groups (broad SMARTS) is 1. The second-order valence-electron chi connectivity index (χ2n) is 4.77. The van der Waals surface area contributed by atoms with E-state index in [1.54, 1.807) is 12.1 Å². The molecule has 1 N–H and O–H groups in total. The summed E-state index contributed by atoms with van der Waals surface area (Å²) < 4.78 is 13.6. The molecule has 19 heavy (non-hydrogen) atoms. The van der Waals surface area contributed by atoms with E-state index in [-0.39, 0.29) is 5.56 Å². The third-order valence-corrected chi connectivity index (χ3v) is 3.46. The first kappa shape index (κ1) is 13.8. The molecule has 5 heteroatoms. The number of hydrogen-bond donors (Lipinski definition) is 1. The summed E-state index contributed by atoms with van der Waals surface area (Å²) >= 11 is 0. The van der Waals surface area contributed by atoms with Crippen molar-refractivity contribution in [2.45, 2.75) is 13.3 Å². The molecule has 0 spiro atoms. The van der Waals surface area contributed by atoms with Gasteiger partial charge >= 0.3 is 5.97 Å². The largest absolute Gasteiger partial charge is 0.478 e. The lowest BCUT2D eigenvalue weighted by molar-refractivity contribution is 0.0692. The van der Waals surface area contributed by atoms with Gasteiger partial charge in [-0.05, 0) is 25.1 Å². The SMILES string of the molecule is CCCN1CCN(c2cccc(F)c2C(=O)O)CC1. The Bertz CT molecular complexity index is 457. The van der Waals surface area contributed by atoms with Crippen molar-refractivity contribution >= 4 is 11.7 Å². The van der Waals surface area contributed by atoms with Gasteiger partial charge in [0.05, 0.1) is 5.69 Å². The zero-order valence-electron chi connectivity index (χ0n) is 11.1. The lowest BCUT2D eigenvalue weighted by Crippen LogP contribution is -2.47. The van der Waals surface area contributed by atoms with Gasteiger partial charge in [-0.25, -0.2) is 9.18 Å². The minimum absolute atomic E-state index is 0.216. The van der Waals surface area contributed by atoms with Crippen LogP contribution in [0.3, 0.4) is 0 Å². The van der Waals surface area contributed by atoms with Crippen LogP contribution in [0.5, 0.6) is 0 Å². The van der Waals surface area contributed by atoms with E-state index in [0.717, 1.165) is 39.1 Å². The van der Waals surface area contributed by atoms with Gasteiger partial charge in [-0.2, -0.15) is 0 Å². The predicted octanol–water partition coefficient (Wildman–Crippen LogP) is 2.06. The van der Waals surface area contributed by atoms with Gasteiger partial charge in [0.1, 0.15) is 11.4 Å². The second kappa shape index (κ2) is 6.02. The lowest BCUT2D eigenvalue weighted by Gasteiger charge is -2.36. The molecule has 2 rings (SSSR count). The van der Waals surface area contributed by atoms with E-state index in [2.05, 4.69) is 11.8 Å². The number of nitrogens with zero attached hydrogens (tertiary/aromatic N) is 2. The fourth-order valence-electron chi connectivity index (χ4n) is 2.52. The van der Waals surface area contributed by atoms with E-state index in [1.807, 2.05) is 4.90 Å². The predicted molar refractivity (Wildman–Crippen MR) is 72.3 cm³/mol. The van der Waals surface area contributed by atoms with Crippen molar-refractivity contribution in [3.8, 4) is 0 Å². The normalized spacial score (nSPS) is 16.6. The summed E-state index contributed by atoms with van der Waals surface area (Å²) in [7, 11) is 0. The smallest absolute Gasteiger partial charge is 0.340 e. The quantitative estimate of drug-likeness (QED) is 0.906. The molecule has 0 bridgehead atoms. The maximum absolute atomic E-state index is 13.6. The number of carboxylic acids is 1. The topological polar surface area (TPSA) is 43.8 Å². The zero-order valence-corrected chi connectivity index (χ0v) is 11.1. The van der Waals surface area contributed by atoms with Crippen molar-refractivity contribution in [2.75, 3.05) is 37.6 Å². The number of halogens is 1. The molecule has 1 aromatic rings. The molecule has 1 aliphatic rings. The average molecular weight is 266 g/mol. The highest BCUT2D eigenvalue weighted by molar-refractivity contribution is 5.94. The Hall–Kier alpha value is -1.62. The maximum atomic E-state index is 13.6. The van der Waals surface area contributed by atoms with Crippen LogP contribution in [0.25, 0.3) is 0 Å². The number of carbonyl (C=O) groups is 1. The molecule has 0 aromatic heterocycles. The molecule has 1 aromatic carbocycles. The van der Waals surface area contributed by atoms with E-state index in [9.17, 15) is 9.18 Å². The van der Waals surface area contributed by atoms with Crippen molar-refractivity contribution in [3.63, 3.8) is 0 Å². The molecule has 4 nitrogen and oxygen atoms in total. The summed E-state index contributed by atoms with van der Waals surface area (Å²) in [5.74, 6) is -1.87. The molecule has 0 amide bonds. The Morgan fingerprint density at radius 2 is 2.00 bits per heavy atom. The fraction of sp³-hybridized carbons (Fsp3) is 0.500. The minimum Gasteiger partial charge on any atom is -0.478 e.